The second-order valence-electron chi connectivity index (χ2n) is 3.07. The van der Waals surface area contributed by atoms with E-state index in [0.29, 0.717) is 0 Å². The van der Waals surface area contributed by atoms with Crippen molar-refractivity contribution >= 4 is 28.3 Å². The molecule has 0 aliphatic rings. The molecule has 0 saturated heterocycles. The molecular weight excluding hydrogens is 307 g/mol. The van der Waals surface area contributed by atoms with Crippen molar-refractivity contribution in [3.8, 4) is 5.75 Å². The Bertz CT molecular complexity index is 365. The topological polar surface area (TPSA) is 66.5 Å². The molecule has 1 rings (SSSR count). The van der Waals surface area contributed by atoms with Crippen LogP contribution < -0.4 is 5.73 Å². The van der Waals surface area contributed by atoms with Gasteiger partial charge in [-0.05, 0) is 22.0 Å². The van der Waals surface area contributed by atoms with Crippen LogP contribution >= 0.6 is 28.3 Å². The number of hydrogen-bond donors (Lipinski definition) is 3. The van der Waals surface area contributed by atoms with E-state index in [4.69, 9.17) is 10.8 Å². The van der Waals surface area contributed by atoms with Crippen molar-refractivity contribution in [3.63, 3.8) is 0 Å². The normalized spacial score (nSPS) is 13.1. The molecule has 0 unspecified atom stereocenters. The minimum absolute atomic E-state index is 0. The first-order valence-corrected chi connectivity index (χ1v) is 4.91. The van der Waals surface area contributed by atoms with Gasteiger partial charge >= 0.3 is 0 Å². The van der Waals surface area contributed by atoms with Crippen LogP contribution in [-0.4, -0.2) is 22.7 Å². The molecule has 0 aliphatic carbocycles. The third-order valence-electron chi connectivity index (χ3n) is 2.02. The number of benzene rings is 1. The van der Waals surface area contributed by atoms with Crippen molar-refractivity contribution in [2.75, 3.05) is 6.61 Å². The maximum atomic E-state index is 13.0. The van der Waals surface area contributed by atoms with Crippen LogP contribution in [0.3, 0.4) is 0 Å². The zero-order chi connectivity index (χ0) is 11.6. The number of aromatic hydroxyl groups is 1. The number of alkyl halides is 2. The number of halogens is 4. The Morgan fingerprint density at radius 1 is 1.44 bits per heavy atom. The zero-order valence-corrected chi connectivity index (χ0v) is 10.4. The molecule has 0 radical (unpaired) electrons. The summed E-state index contributed by atoms with van der Waals surface area (Å²) >= 11 is 2.99. The third-order valence-corrected chi connectivity index (χ3v) is 2.66. The first kappa shape index (κ1) is 15.6. The first-order chi connectivity index (χ1) is 6.90. The summed E-state index contributed by atoms with van der Waals surface area (Å²) in [6.45, 7) is -1.36. The van der Waals surface area contributed by atoms with E-state index >= 15 is 0 Å². The molecule has 16 heavy (non-hydrogen) atoms. The van der Waals surface area contributed by atoms with Crippen molar-refractivity contribution in [2.45, 2.75) is 12.0 Å². The second-order valence-corrected chi connectivity index (χ2v) is 3.93. The Labute approximate surface area is 106 Å². The number of aliphatic hydroxyl groups excluding tert-OH is 1. The Morgan fingerprint density at radius 3 is 2.50 bits per heavy atom. The number of hydrogen-bond acceptors (Lipinski definition) is 3. The smallest absolute Gasteiger partial charge is 0.289 e. The fraction of sp³-hybridized carbons (Fsp3) is 0.333. The van der Waals surface area contributed by atoms with Gasteiger partial charge in [0.05, 0.1) is 4.47 Å². The largest absolute Gasteiger partial charge is 0.506 e. The van der Waals surface area contributed by atoms with Crippen LogP contribution in [0.4, 0.5) is 8.78 Å². The lowest BCUT2D eigenvalue weighted by molar-refractivity contribution is -0.0716. The molecule has 0 aliphatic heterocycles. The molecule has 4 N–H and O–H groups in total. The highest BCUT2D eigenvalue weighted by Gasteiger charge is 2.38. The Hall–Kier alpha value is -0.430. The van der Waals surface area contributed by atoms with Crippen molar-refractivity contribution in [2.24, 2.45) is 5.73 Å². The molecule has 1 aromatic rings. The van der Waals surface area contributed by atoms with Gasteiger partial charge in [0, 0.05) is 5.56 Å². The van der Waals surface area contributed by atoms with Crippen LogP contribution in [0.1, 0.15) is 11.6 Å². The number of para-hydroxylation sites is 1. The third kappa shape index (κ3) is 3.04. The highest BCUT2D eigenvalue weighted by atomic mass is 79.9. The summed E-state index contributed by atoms with van der Waals surface area (Å²) in [5, 5.41) is 17.9. The molecule has 0 fully saturated rings. The van der Waals surface area contributed by atoms with Crippen LogP contribution in [0.25, 0.3) is 0 Å². The Morgan fingerprint density at radius 2 is 2.00 bits per heavy atom. The summed E-state index contributed by atoms with van der Waals surface area (Å²) < 4.78 is 26.4. The van der Waals surface area contributed by atoms with Gasteiger partial charge in [0.15, 0.2) is 0 Å². The number of phenolic OH excluding ortho intramolecular Hbond substituents is 1. The molecule has 0 spiro atoms. The number of aliphatic hydroxyl groups is 1. The van der Waals surface area contributed by atoms with Crippen LogP contribution in [-0.2, 0) is 0 Å². The molecule has 0 aromatic heterocycles. The van der Waals surface area contributed by atoms with E-state index in [0.717, 1.165) is 0 Å². The lowest BCUT2D eigenvalue weighted by Gasteiger charge is -2.22. The summed E-state index contributed by atoms with van der Waals surface area (Å²) in [5.41, 5.74) is 5.15. The molecule has 0 amide bonds. The average Bonchev–Trinajstić information content (AvgIpc) is 2.21. The van der Waals surface area contributed by atoms with Gasteiger partial charge in [0.2, 0.25) is 0 Å². The van der Waals surface area contributed by atoms with E-state index in [1.165, 1.54) is 18.2 Å². The van der Waals surface area contributed by atoms with Crippen LogP contribution in [0.5, 0.6) is 5.75 Å². The minimum atomic E-state index is -3.46. The Kier molecular flexibility index (Phi) is 5.61. The van der Waals surface area contributed by atoms with E-state index in [-0.39, 0.29) is 28.2 Å². The summed E-state index contributed by atoms with van der Waals surface area (Å²) in [5.74, 6) is -3.80. The highest BCUT2D eigenvalue weighted by Crippen LogP contribution is 2.37. The summed E-state index contributed by atoms with van der Waals surface area (Å²) in [7, 11) is 0. The van der Waals surface area contributed by atoms with Gasteiger partial charge in [-0.2, -0.15) is 0 Å². The quantitative estimate of drug-likeness (QED) is 0.800. The predicted molar refractivity (Wildman–Crippen MR) is 62.0 cm³/mol. The molecular formula is C9H11BrClF2NO2. The molecule has 92 valence electrons. The minimum Gasteiger partial charge on any atom is -0.506 e. The van der Waals surface area contributed by atoms with Crippen molar-refractivity contribution in [3.05, 3.63) is 28.2 Å². The lowest BCUT2D eigenvalue weighted by atomic mass is 10.0. The van der Waals surface area contributed by atoms with E-state index in [1.54, 1.807) is 0 Å². The van der Waals surface area contributed by atoms with Gasteiger partial charge in [-0.25, -0.2) is 8.78 Å². The Balaban J connectivity index is 0.00000225. The van der Waals surface area contributed by atoms with Gasteiger partial charge in [0.25, 0.3) is 5.92 Å². The standard InChI is InChI=1S/C9H10BrF2NO2.ClH/c10-6-3-1-2-5(7(6)15)8(13)9(11,12)4-14;/h1-3,8,14-15H,4,13H2;1H/t8-;/m0./s1. The van der Waals surface area contributed by atoms with Gasteiger partial charge in [-0.1, -0.05) is 12.1 Å². The maximum Gasteiger partial charge on any atom is 0.289 e. The number of phenols is 1. The molecule has 3 nitrogen and oxygen atoms in total. The van der Waals surface area contributed by atoms with Crippen LogP contribution in [0.15, 0.2) is 22.7 Å². The van der Waals surface area contributed by atoms with Crippen LogP contribution in [0.2, 0.25) is 0 Å². The first-order valence-electron chi connectivity index (χ1n) is 4.12. The fourth-order valence-electron chi connectivity index (χ4n) is 1.11. The molecule has 0 saturated carbocycles. The summed E-state index contributed by atoms with van der Waals surface area (Å²) in [4.78, 5) is 0. The van der Waals surface area contributed by atoms with Crippen molar-refractivity contribution in [1.82, 2.24) is 0 Å². The fourth-order valence-corrected chi connectivity index (χ4v) is 1.49. The van der Waals surface area contributed by atoms with Gasteiger partial charge in [-0.15, -0.1) is 12.4 Å². The molecule has 0 heterocycles. The monoisotopic (exact) mass is 317 g/mol. The van der Waals surface area contributed by atoms with E-state index < -0.39 is 18.6 Å². The van der Waals surface area contributed by atoms with Gasteiger partial charge in [-0.3, -0.25) is 0 Å². The molecule has 1 aromatic carbocycles. The molecule has 1 atom stereocenters. The second kappa shape index (κ2) is 5.77. The van der Waals surface area contributed by atoms with Gasteiger partial charge in [0.1, 0.15) is 18.4 Å². The SMILES string of the molecule is Cl.N[C@@H](c1cccc(Br)c1O)C(F)(F)CO. The summed E-state index contributed by atoms with van der Waals surface area (Å²) in [6.07, 6.45) is 0. The van der Waals surface area contributed by atoms with Crippen molar-refractivity contribution < 1.29 is 19.0 Å². The average molecular weight is 319 g/mol. The lowest BCUT2D eigenvalue weighted by Crippen LogP contribution is -2.36. The molecule has 0 bridgehead atoms. The van der Waals surface area contributed by atoms with Gasteiger partial charge < -0.3 is 15.9 Å². The predicted octanol–water partition coefficient (Wildman–Crippen LogP) is 2.20. The number of nitrogens with two attached hydrogens (primary N) is 1. The molecule has 7 heteroatoms. The number of rotatable bonds is 3. The zero-order valence-electron chi connectivity index (χ0n) is 8.03. The van der Waals surface area contributed by atoms with E-state index in [1.807, 2.05) is 0 Å². The van der Waals surface area contributed by atoms with E-state index in [2.05, 4.69) is 15.9 Å². The summed E-state index contributed by atoms with van der Waals surface area (Å²) in [6, 6.07) is 2.53. The maximum absolute atomic E-state index is 13.0. The van der Waals surface area contributed by atoms with Crippen LogP contribution in [0, 0.1) is 0 Å². The van der Waals surface area contributed by atoms with Crippen molar-refractivity contribution in [1.29, 1.82) is 0 Å². The highest BCUT2D eigenvalue weighted by molar-refractivity contribution is 9.10. The van der Waals surface area contributed by atoms with E-state index in [9.17, 15) is 13.9 Å².